The number of rotatable bonds is 2. The zero-order valence-corrected chi connectivity index (χ0v) is 7.76. The highest BCUT2D eigenvalue weighted by atomic mass is 19.1. The van der Waals surface area contributed by atoms with Gasteiger partial charge in [-0.1, -0.05) is 19.1 Å². The van der Waals surface area contributed by atoms with Crippen LogP contribution < -0.4 is 5.73 Å². The molecule has 13 heavy (non-hydrogen) atoms. The zero-order valence-electron chi connectivity index (χ0n) is 7.76. The number of hydrogen-bond donors (Lipinski definition) is 1. The molecule has 1 aromatic carbocycles. The van der Waals surface area contributed by atoms with Gasteiger partial charge in [0.25, 0.3) is 0 Å². The van der Waals surface area contributed by atoms with E-state index in [4.69, 9.17) is 5.73 Å². The average molecular weight is 179 g/mol. The monoisotopic (exact) mass is 179 g/mol. The van der Waals surface area contributed by atoms with Crippen molar-refractivity contribution in [3.8, 4) is 0 Å². The molecule has 2 rings (SSSR count). The van der Waals surface area contributed by atoms with Gasteiger partial charge in [-0.2, -0.15) is 0 Å². The predicted molar refractivity (Wildman–Crippen MR) is 51.0 cm³/mol. The van der Waals surface area contributed by atoms with Crippen molar-refractivity contribution in [3.63, 3.8) is 0 Å². The Morgan fingerprint density at radius 2 is 2.08 bits per heavy atom. The summed E-state index contributed by atoms with van der Waals surface area (Å²) in [4.78, 5) is 0. The normalized spacial score (nSPS) is 31.8. The van der Waals surface area contributed by atoms with Crippen LogP contribution in [0, 0.1) is 5.82 Å². The van der Waals surface area contributed by atoms with Crippen LogP contribution in [0.3, 0.4) is 0 Å². The fraction of sp³-hybridized carbons (Fsp3) is 0.455. The highest BCUT2D eigenvalue weighted by Crippen LogP contribution is 2.51. The molecule has 2 N–H and O–H groups in total. The van der Waals surface area contributed by atoms with E-state index in [2.05, 4.69) is 6.92 Å². The summed E-state index contributed by atoms with van der Waals surface area (Å²) >= 11 is 0. The summed E-state index contributed by atoms with van der Waals surface area (Å²) in [7, 11) is 0. The van der Waals surface area contributed by atoms with E-state index in [9.17, 15) is 4.39 Å². The molecule has 0 unspecified atom stereocenters. The summed E-state index contributed by atoms with van der Waals surface area (Å²) in [6.07, 6.45) is 2.03. The van der Waals surface area contributed by atoms with E-state index in [0.717, 1.165) is 12.8 Å². The maximum atomic E-state index is 12.6. The van der Waals surface area contributed by atoms with E-state index < -0.39 is 0 Å². The number of hydrogen-bond acceptors (Lipinski definition) is 1. The molecule has 0 saturated heterocycles. The second-order valence-corrected chi connectivity index (χ2v) is 3.89. The number of benzene rings is 1. The van der Waals surface area contributed by atoms with Gasteiger partial charge >= 0.3 is 0 Å². The molecule has 0 bridgehead atoms. The first-order chi connectivity index (χ1) is 6.15. The molecule has 0 amide bonds. The van der Waals surface area contributed by atoms with Crippen LogP contribution in [0.5, 0.6) is 0 Å². The highest BCUT2D eigenvalue weighted by molar-refractivity contribution is 5.32. The van der Waals surface area contributed by atoms with E-state index in [1.54, 1.807) is 0 Å². The molecule has 0 aliphatic heterocycles. The van der Waals surface area contributed by atoms with Crippen molar-refractivity contribution in [3.05, 3.63) is 35.6 Å². The minimum absolute atomic E-state index is 0.0160. The van der Waals surface area contributed by atoms with Crippen molar-refractivity contribution < 1.29 is 4.39 Å². The van der Waals surface area contributed by atoms with Gasteiger partial charge < -0.3 is 5.73 Å². The molecule has 1 saturated carbocycles. The SMILES string of the molecule is CC[C@]1(N)C[C@@H]1c1ccc(F)cc1. The molecule has 2 atom stereocenters. The standard InChI is InChI=1S/C11H14FN/c1-2-11(13)7-10(11)8-3-5-9(12)6-4-8/h3-6,10H,2,7,13H2,1H3/t10-,11+/m1/s1. The third kappa shape index (κ3) is 1.46. The molecular formula is C11H14FN. The predicted octanol–water partition coefficient (Wildman–Crippen LogP) is 2.42. The molecule has 0 radical (unpaired) electrons. The van der Waals surface area contributed by atoms with Crippen LogP contribution in [0.4, 0.5) is 4.39 Å². The molecule has 1 aromatic rings. The van der Waals surface area contributed by atoms with E-state index in [1.807, 2.05) is 12.1 Å². The van der Waals surface area contributed by atoms with Gasteiger partial charge in [0, 0.05) is 11.5 Å². The van der Waals surface area contributed by atoms with Crippen molar-refractivity contribution >= 4 is 0 Å². The van der Waals surface area contributed by atoms with Crippen molar-refractivity contribution in [1.29, 1.82) is 0 Å². The van der Waals surface area contributed by atoms with E-state index in [0.29, 0.717) is 5.92 Å². The Labute approximate surface area is 77.8 Å². The Kier molecular flexibility index (Phi) is 1.88. The van der Waals surface area contributed by atoms with Gasteiger partial charge in [-0.05, 0) is 30.5 Å². The highest BCUT2D eigenvalue weighted by Gasteiger charge is 2.49. The quantitative estimate of drug-likeness (QED) is 0.741. The summed E-state index contributed by atoms with van der Waals surface area (Å²) in [5.74, 6) is 0.265. The third-order valence-electron chi connectivity index (χ3n) is 3.05. The van der Waals surface area contributed by atoms with Crippen LogP contribution >= 0.6 is 0 Å². The summed E-state index contributed by atoms with van der Waals surface area (Å²) < 4.78 is 12.6. The van der Waals surface area contributed by atoms with Crippen LogP contribution in [-0.4, -0.2) is 5.54 Å². The van der Waals surface area contributed by atoms with Gasteiger partial charge in [0.05, 0.1) is 0 Å². The first kappa shape index (κ1) is 8.70. The summed E-state index contributed by atoms with van der Waals surface area (Å²) in [5.41, 5.74) is 7.22. The fourth-order valence-corrected chi connectivity index (χ4v) is 1.86. The van der Waals surface area contributed by atoms with E-state index in [1.165, 1.54) is 17.7 Å². The molecule has 1 nitrogen and oxygen atoms in total. The van der Waals surface area contributed by atoms with Gasteiger partial charge in [0.1, 0.15) is 5.82 Å². The maximum absolute atomic E-state index is 12.6. The van der Waals surface area contributed by atoms with Gasteiger partial charge in [0.2, 0.25) is 0 Å². The van der Waals surface area contributed by atoms with Crippen molar-refractivity contribution in [1.82, 2.24) is 0 Å². The van der Waals surface area contributed by atoms with E-state index >= 15 is 0 Å². The lowest BCUT2D eigenvalue weighted by atomic mass is 10.1. The van der Waals surface area contributed by atoms with Crippen LogP contribution in [0.25, 0.3) is 0 Å². The third-order valence-corrected chi connectivity index (χ3v) is 3.05. The van der Waals surface area contributed by atoms with Gasteiger partial charge in [0.15, 0.2) is 0 Å². The van der Waals surface area contributed by atoms with Gasteiger partial charge in [-0.15, -0.1) is 0 Å². The molecular weight excluding hydrogens is 165 g/mol. The Balaban J connectivity index is 2.16. The van der Waals surface area contributed by atoms with Gasteiger partial charge in [-0.25, -0.2) is 4.39 Å². The van der Waals surface area contributed by atoms with Crippen LogP contribution in [0.1, 0.15) is 31.2 Å². The topological polar surface area (TPSA) is 26.0 Å². The Morgan fingerprint density at radius 1 is 1.46 bits per heavy atom. The maximum Gasteiger partial charge on any atom is 0.123 e. The summed E-state index contributed by atoms with van der Waals surface area (Å²) in [6, 6.07) is 6.68. The molecule has 0 spiro atoms. The van der Waals surface area contributed by atoms with Gasteiger partial charge in [-0.3, -0.25) is 0 Å². The molecule has 0 aromatic heterocycles. The van der Waals surface area contributed by atoms with Crippen molar-refractivity contribution in [2.24, 2.45) is 5.73 Å². The smallest absolute Gasteiger partial charge is 0.123 e. The molecule has 1 aliphatic carbocycles. The second kappa shape index (κ2) is 2.81. The number of halogens is 1. The largest absolute Gasteiger partial charge is 0.325 e. The van der Waals surface area contributed by atoms with Crippen molar-refractivity contribution in [2.75, 3.05) is 0 Å². The van der Waals surface area contributed by atoms with Crippen molar-refractivity contribution in [2.45, 2.75) is 31.2 Å². The average Bonchev–Trinajstić information content (AvgIpc) is 2.81. The lowest BCUT2D eigenvalue weighted by molar-refractivity contribution is 0.618. The lowest BCUT2D eigenvalue weighted by Gasteiger charge is -2.07. The lowest BCUT2D eigenvalue weighted by Crippen LogP contribution is -2.22. The summed E-state index contributed by atoms with van der Waals surface area (Å²) in [6.45, 7) is 2.10. The fourth-order valence-electron chi connectivity index (χ4n) is 1.86. The molecule has 70 valence electrons. The number of nitrogens with two attached hydrogens (primary N) is 1. The second-order valence-electron chi connectivity index (χ2n) is 3.89. The van der Waals surface area contributed by atoms with Crippen LogP contribution in [0.15, 0.2) is 24.3 Å². The molecule has 1 fully saturated rings. The first-order valence-corrected chi connectivity index (χ1v) is 4.70. The molecule has 0 heterocycles. The molecule has 2 heteroatoms. The van der Waals surface area contributed by atoms with E-state index in [-0.39, 0.29) is 11.4 Å². The Morgan fingerprint density at radius 3 is 2.54 bits per heavy atom. The minimum Gasteiger partial charge on any atom is -0.325 e. The van der Waals surface area contributed by atoms with Crippen LogP contribution in [0.2, 0.25) is 0 Å². The first-order valence-electron chi connectivity index (χ1n) is 4.70. The molecule has 1 aliphatic rings. The Hall–Kier alpha value is -0.890. The minimum atomic E-state index is -0.177. The Bertz CT molecular complexity index is 306. The zero-order chi connectivity index (χ0) is 9.47. The summed E-state index contributed by atoms with van der Waals surface area (Å²) in [5, 5.41) is 0. The van der Waals surface area contributed by atoms with Crippen LogP contribution in [-0.2, 0) is 0 Å².